The summed E-state index contributed by atoms with van der Waals surface area (Å²) in [5, 5.41) is 29.9. The van der Waals surface area contributed by atoms with Gasteiger partial charge in [-0.25, -0.2) is 27.5 Å². The van der Waals surface area contributed by atoms with E-state index in [-0.39, 0.29) is 73.3 Å². The molecule has 4 aliphatic heterocycles. The first-order chi connectivity index (χ1) is 39.4. The number of halogens is 1. The fraction of sp³-hybridized carbons (Fsp3) is 0.500. The van der Waals surface area contributed by atoms with Crippen LogP contribution in [0.25, 0.3) is 11.0 Å². The number of nitrogens with one attached hydrogen (secondary N) is 5. The normalized spacial score (nSPS) is 23.1. The number of hydrogen-bond acceptors (Lipinski definition) is 17. The van der Waals surface area contributed by atoms with E-state index in [9.17, 15) is 27.9 Å². The van der Waals surface area contributed by atoms with Crippen LogP contribution in [-0.2, 0) is 21.3 Å². The van der Waals surface area contributed by atoms with E-state index in [0.29, 0.717) is 51.2 Å². The molecular formula is C60H74FN11O9S. The molecule has 3 saturated heterocycles. The number of aliphatic hydroxyl groups is 1. The Hall–Kier alpha value is -6.66. The Bertz CT molecular complexity index is 3460. The maximum Gasteiger partial charge on any atom is 0.268 e. The van der Waals surface area contributed by atoms with Gasteiger partial charge in [0.1, 0.15) is 34.3 Å². The number of piperidine rings is 1. The molecule has 6 aliphatic rings. The average Bonchev–Trinajstić information content (AvgIpc) is 3.89. The summed E-state index contributed by atoms with van der Waals surface area (Å²) in [7, 11) is -1.89. The van der Waals surface area contributed by atoms with Crippen LogP contribution >= 0.6 is 0 Å². The predicted molar refractivity (Wildman–Crippen MR) is 308 cm³/mol. The van der Waals surface area contributed by atoms with E-state index in [2.05, 4.69) is 94.2 Å². The minimum atomic E-state index is -4.60. The van der Waals surface area contributed by atoms with Crippen molar-refractivity contribution in [3.05, 3.63) is 113 Å². The van der Waals surface area contributed by atoms with Crippen LogP contribution in [0.5, 0.6) is 23.1 Å². The standard InChI is InChI=1S/C60H74FN11O9S/c1-37(2)43-8-6-7-9-44(43)49-33-70(32-39-14-19-62-55-52(39)80-36-60(67-55)34-79-35-60)22-23-72(49)41-27-59(28-41)17-20-71(21-18-59)40-10-11-45(50(24-40)81-51-26-46-47(61)31-65-53(46)66-57(51)78-5)56(73)68-82(76,77)42-25-48(69(4)75)54(64-30-42)63-29-38-12-15-58(3,74)16-13-38/h6-11,14,19,24-26,30-31,37-38,41,49,69,74H,12-13,15-18,20-23,27-29,32-36H2,1-5H3,(H,62,67)(H,63,64)(H,65,66)(H,68,73)/t38?,49-,58?/m0/s1. The Morgan fingerprint density at radius 2 is 1.78 bits per heavy atom. The van der Waals surface area contributed by atoms with Crippen molar-refractivity contribution in [3.63, 3.8) is 0 Å². The van der Waals surface area contributed by atoms with Crippen molar-refractivity contribution in [3.8, 4) is 23.1 Å². The summed E-state index contributed by atoms with van der Waals surface area (Å²) >= 11 is 0. The minimum absolute atomic E-state index is 0.00654. The van der Waals surface area contributed by atoms with E-state index < -0.39 is 32.4 Å². The van der Waals surface area contributed by atoms with Crippen LogP contribution in [0.1, 0.15) is 111 Å². The third-order valence-corrected chi connectivity index (χ3v) is 19.5. The maximum atomic E-state index is 15.0. The van der Waals surface area contributed by atoms with Crippen molar-refractivity contribution in [2.75, 3.05) is 88.8 Å². The summed E-state index contributed by atoms with van der Waals surface area (Å²) in [4.78, 5) is 37.7. The molecule has 2 saturated carbocycles. The van der Waals surface area contributed by atoms with Crippen LogP contribution < -0.4 is 39.5 Å². The van der Waals surface area contributed by atoms with Gasteiger partial charge in [-0.2, -0.15) is 4.98 Å². The van der Waals surface area contributed by atoms with Crippen molar-refractivity contribution in [2.24, 2.45) is 11.3 Å². The molecule has 2 spiro atoms. The van der Waals surface area contributed by atoms with E-state index >= 15 is 0 Å². The molecule has 1 unspecified atom stereocenters. The van der Waals surface area contributed by atoms with Gasteiger partial charge < -0.3 is 54.8 Å². The molecular weight excluding hydrogens is 1070 g/mol. The third kappa shape index (κ3) is 11.2. The molecule has 82 heavy (non-hydrogen) atoms. The number of sulfonamides is 1. The lowest BCUT2D eigenvalue weighted by molar-refractivity contribution is -0.751. The summed E-state index contributed by atoms with van der Waals surface area (Å²) in [6, 6.07) is 19.3. The molecule has 8 heterocycles. The molecule has 2 aliphatic carbocycles. The number of amides is 1. The number of carbonyl (C=O) groups excluding carboxylic acids is 1. The number of piperazine rings is 1. The first-order valence-corrected chi connectivity index (χ1v) is 30.2. The van der Waals surface area contributed by atoms with Crippen LogP contribution in [0.4, 0.5) is 27.4 Å². The van der Waals surface area contributed by atoms with Gasteiger partial charge in [-0.15, -0.1) is 0 Å². The highest BCUT2D eigenvalue weighted by Crippen LogP contribution is 2.54. The van der Waals surface area contributed by atoms with Crippen molar-refractivity contribution < 1.29 is 46.7 Å². The second kappa shape index (κ2) is 22.2. The second-order valence-corrected chi connectivity index (χ2v) is 26.0. The van der Waals surface area contributed by atoms with Crippen LogP contribution in [0.15, 0.2) is 84.1 Å². The SMILES string of the molecule is COc1nc2[nH]cc(F)c2cc1Oc1cc(N2CCC3(CC2)CC(N2CCN(Cc4ccnc5c4OCC4(COC4)N5)C[C@H]2c2ccccc2C(C)C)C3)ccc1C(=O)NS(=O)(=O)c1cnc(NCC2CCC(C)(O)CC2)c([NH+](C)[O-])c1. The number of anilines is 3. The van der Waals surface area contributed by atoms with Gasteiger partial charge in [0.05, 0.1) is 50.1 Å². The fourth-order valence-corrected chi connectivity index (χ4v) is 14.2. The number of fused-ring (bicyclic) bond motifs is 2. The van der Waals surface area contributed by atoms with Crippen molar-refractivity contribution in [2.45, 2.75) is 113 Å². The molecule has 4 aromatic heterocycles. The van der Waals surface area contributed by atoms with Gasteiger partial charge in [-0.05, 0) is 105 Å². The summed E-state index contributed by atoms with van der Waals surface area (Å²) in [5.41, 5.74) is 4.09. The first kappa shape index (κ1) is 55.9. The number of rotatable bonds is 16. The van der Waals surface area contributed by atoms with Crippen molar-refractivity contribution in [1.82, 2.24) is 34.5 Å². The van der Waals surface area contributed by atoms with Gasteiger partial charge in [0.2, 0.25) is 0 Å². The van der Waals surface area contributed by atoms with E-state index in [0.717, 1.165) is 107 Å². The number of hydroxylamine groups is 1. The lowest BCUT2D eigenvalue weighted by atomic mass is 9.59. The largest absolute Gasteiger partial charge is 0.629 e. The van der Waals surface area contributed by atoms with Crippen LogP contribution in [0.2, 0.25) is 0 Å². The molecule has 6 N–H and O–H groups in total. The van der Waals surface area contributed by atoms with Crippen LogP contribution in [0.3, 0.4) is 0 Å². The van der Waals surface area contributed by atoms with Crippen molar-refractivity contribution in [1.29, 1.82) is 0 Å². The highest BCUT2D eigenvalue weighted by molar-refractivity contribution is 7.90. The van der Waals surface area contributed by atoms with Crippen LogP contribution in [-0.4, -0.2) is 140 Å². The molecule has 1 amide bonds. The molecule has 2 aromatic carbocycles. The Morgan fingerprint density at radius 1 is 1.00 bits per heavy atom. The second-order valence-electron chi connectivity index (χ2n) is 24.3. The molecule has 5 fully saturated rings. The Kier molecular flexibility index (Phi) is 15.1. The molecule has 2 atom stereocenters. The van der Waals surface area contributed by atoms with Gasteiger partial charge in [0.25, 0.3) is 21.8 Å². The van der Waals surface area contributed by atoms with Crippen molar-refractivity contribution >= 4 is 50.0 Å². The number of nitrogens with zero attached hydrogens (tertiary/aromatic N) is 6. The third-order valence-electron chi connectivity index (χ3n) is 18.2. The number of quaternary nitrogens is 1. The Morgan fingerprint density at radius 3 is 2.51 bits per heavy atom. The number of hydrogen-bond donors (Lipinski definition) is 6. The summed E-state index contributed by atoms with van der Waals surface area (Å²) in [5.74, 6) is 0.913. The minimum Gasteiger partial charge on any atom is -0.629 e. The van der Waals surface area contributed by atoms with E-state index in [1.165, 1.54) is 49.7 Å². The van der Waals surface area contributed by atoms with E-state index in [1.807, 2.05) is 13.1 Å². The van der Waals surface area contributed by atoms with Gasteiger partial charge >= 0.3 is 0 Å². The smallest absolute Gasteiger partial charge is 0.268 e. The zero-order valence-corrected chi connectivity index (χ0v) is 48.0. The van der Waals surface area contributed by atoms with Gasteiger partial charge in [-0.1, -0.05) is 38.1 Å². The lowest BCUT2D eigenvalue weighted by Gasteiger charge is -2.58. The molecule has 20 nitrogen and oxygen atoms in total. The summed E-state index contributed by atoms with van der Waals surface area (Å²) in [6.45, 7) is 13.7. The predicted octanol–water partition coefficient (Wildman–Crippen LogP) is 7.41. The molecule has 12 rings (SSSR count). The lowest BCUT2D eigenvalue weighted by Crippen LogP contribution is -2.98. The maximum absolute atomic E-state index is 15.0. The number of pyridine rings is 3. The van der Waals surface area contributed by atoms with Gasteiger partial charge in [0, 0.05) is 99.7 Å². The first-order valence-electron chi connectivity index (χ1n) is 28.7. The molecule has 0 bridgehead atoms. The number of methoxy groups -OCH3 is 1. The van der Waals surface area contributed by atoms with Gasteiger partial charge in [0.15, 0.2) is 28.8 Å². The Labute approximate surface area is 477 Å². The highest BCUT2D eigenvalue weighted by Gasteiger charge is 2.50. The summed E-state index contributed by atoms with van der Waals surface area (Å²) < 4.78 is 69.2. The Balaban J connectivity index is 0.751. The summed E-state index contributed by atoms with van der Waals surface area (Å²) in [6.07, 6.45) is 11.1. The van der Waals surface area contributed by atoms with E-state index in [1.54, 1.807) is 12.1 Å². The zero-order valence-electron chi connectivity index (χ0n) is 47.2. The zero-order chi connectivity index (χ0) is 57.1. The topological polar surface area (TPSA) is 236 Å². The molecule has 6 aromatic rings. The van der Waals surface area contributed by atoms with Gasteiger partial charge in [-0.3, -0.25) is 14.6 Å². The number of benzene rings is 2. The molecule has 22 heteroatoms. The quantitative estimate of drug-likeness (QED) is 0.0518. The number of ether oxygens (including phenoxy) is 4. The number of carbonyl (C=O) groups is 1. The molecule has 436 valence electrons. The average molecular weight is 1140 g/mol. The monoisotopic (exact) mass is 1140 g/mol. The van der Waals surface area contributed by atoms with Crippen LogP contribution in [0, 0.1) is 22.4 Å². The van der Waals surface area contributed by atoms with E-state index in [4.69, 9.17) is 18.9 Å². The molecule has 0 radical (unpaired) electrons. The number of aromatic nitrogens is 4. The number of aromatic amines is 1. The fourth-order valence-electron chi connectivity index (χ4n) is 13.3. The highest BCUT2D eigenvalue weighted by atomic mass is 32.2. The number of H-pyrrole nitrogens is 1.